The highest BCUT2D eigenvalue weighted by Crippen LogP contribution is 2.38. The molecule has 106 valence electrons. The Kier molecular flexibility index (Phi) is 5.20. The summed E-state index contributed by atoms with van der Waals surface area (Å²) in [5.74, 6) is 0.843. The van der Waals surface area contributed by atoms with Crippen molar-refractivity contribution < 1.29 is 9.53 Å². The van der Waals surface area contributed by atoms with E-state index < -0.39 is 0 Å². The summed E-state index contributed by atoms with van der Waals surface area (Å²) in [5.41, 5.74) is 0.368. The second-order valence-electron chi connectivity index (χ2n) is 7.02. The Bertz CT molecular complexity index is 286. The topological polar surface area (TPSA) is 38.3 Å². The van der Waals surface area contributed by atoms with Gasteiger partial charge < -0.3 is 10.1 Å². The first kappa shape index (κ1) is 15.5. The number of hydrogen-bond acceptors (Lipinski definition) is 3. The number of esters is 1. The average molecular weight is 255 g/mol. The van der Waals surface area contributed by atoms with Gasteiger partial charge >= 0.3 is 5.97 Å². The summed E-state index contributed by atoms with van der Waals surface area (Å²) < 4.78 is 4.89. The van der Waals surface area contributed by atoms with Gasteiger partial charge in [0, 0.05) is 6.04 Å². The van der Waals surface area contributed by atoms with Gasteiger partial charge in [0.1, 0.15) is 6.04 Å². The van der Waals surface area contributed by atoms with Gasteiger partial charge in [-0.1, -0.05) is 34.6 Å². The third-order valence-corrected chi connectivity index (χ3v) is 3.92. The van der Waals surface area contributed by atoms with Gasteiger partial charge in [-0.05, 0) is 36.5 Å². The summed E-state index contributed by atoms with van der Waals surface area (Å²) in [5, 5.41) is 3.52. The van der Waals surface area contributed by atoms with Crippen LogP contribution in [0.15, 0.2) is 0 Å². The molecule has 1 aliphatic rings. The zero-order valence-corrected chi connectivity index (χ0v) is 12.7. The van der Waals surface area contributed by atoms with Gasteiger partial charge in [0.25, 0.3) is 0 Å². The summed E-state index contributed by atoms with van der Waals surface area (Å²) in [4.78, 5) is 11.8. The molecule has 0 aliphatic heterocycles. The molecule has 3 nitrogen and oxygen atoms in total. The minimum atomic E-state index is -0.180. The lowest BCUT2D eigenvalue weighted by Gasteiger charge is -2.41. The second-order valence-corrected chi connectivity index (χ2v) is 7.02. The second kappa shape index (κ2) is 6.05. The number of nitrogens with one attached hydrogen (secondary N) is 1. The number of hydrogen-bond donors (Lipinski definition) is 1. The van der Waals surface area contributed by atoms with E-state index in [1.165, 1.54) is 13.5 Å². The van der Waals surface area contributed by atoms with E-state index in [0.717, 1.165) is 18.8 Å². The van der Waals surface area contributed by atoms with Crippen LogP contribution in [0.1, 0.15) is 53.9 Å². The average Bonchev–Trinajstić information content (AvgIpc) is 2.21. The fraction of sp³-hybridized carbons (Fsp3) is 0.933. The molecular formula is C15H29NO2. The van der Waals surface area contributed by atoms with Crippen molar-refractivity contribution in [1.29, 1.82) is 0 Å². The van der Waals surface area contributed by atoms with Gasteiger partial charge in [-0.15, -0.1) is 0 Å². The van der Waals surface area contributed by atoms with Crippen LogP contribution in [-0.4, -0.2) is 25.2 Å². The summed E-state index contributed by atoms with van der Waals surface area (Å²) in [6, 6.07) is 0.247. The van der Waals surface area contributed by atoms with Crippen LogP contribution in [0.4, 0.5) is 0 Å². The zero-order chi connectivity index (χ0) is 13.9. The van der Waals surface area contributed by atoms with Crippen molar-refractivity contribution in [3.05, 3.63) is 0 Å². The first-order chi connectivity index (χ1) is 8.25. The van der Waals surface area contributed by atoms with E-state index in [1.54, 1.807) is 0 Å². The molecule has 0 bridgehead atoms. The first-order valence-electron chi connectivity index (χ1n) is 7.09. The molecule has 0 saturated heterocycles. The lowest BCUT2D eigenvalue weighted by Crippen LogP contribution is -2.50. The van der Waals surface area contributed by atoms with E-state index in [1.807, 2.05) is 0 Å². The summed E-state index contributed by atoms with van der Waals surface area (Å²) in [7, 11) is 1.47. The van der Waals surface area contributed by atoms with Crippen LogP contribution in [0.25, 0.3) is 0 Å². The molecule has 1 saturated carbocycles. The maximum Gasteiger partial charge on any atom is 0.323 e. The van der Waals surface area contributed by atoms with Crippen molar-refractivity contribution in [1.82, 2.24) is 5.32 Å². The monoisotopic (exact) mass is 255 g/mol. The maximum atomic E-state index is 11.8. The third-order valence-electron chi connectivity index (χ3n) is 3.92. The largest absolute Gasteiger partial charge is 0.468 e. The molecule has 0 aromatic rings. The Hall–Kier alpha value is -0.570. The predicted octanol–water partition coefficient (Wildman–Crippen LogP) is 2.99. The highest BCUT2D eigenvalue weighted by molar-refractivity contribution is 5.75. The normalized spacial score (nSPS) is 29.1. The summed E-state index contributed by atoms with van der Waals surface area (Å²) in [6.45, 7) is 11.1. The Morgan fingerprint density at radius 1 is 1.33 bits per heavy atom. The molecule has 18 heavy (non-hydrogen) atoms. The molecule has 1 rings (SSSR count). The fourth-order valence-electron chi connectivity index (χ4n) is 3.39. The lowest BCUT2D eigenvalue weighted by molar-refractivity contribution is -0.144. The molecule has 1 N–H and O–H groups in total. The first-order valence-corrected chi connectivity index (χ1v) is 7.09. The highest BCUT2D eigenvalue weighted by atomic mass is 16.5. The molecule has 1 aliphatic carbocycles. The molecule has 0 spiro atoms. The highest BCUT2D eigenvalue weighted by Gasteiger charge is 2.34. The molecule has 0 aromatic carbocycles. The van der Waals surface area contributed by atoms with Crippen molar-refractivity contribution in [2.75, 3.05) is 7.11 Å². The van der Waals surface area contributed by atoms with Crippen LogP contribution in [0.2, 0.25) is 0 Å². The quantitative estimate of drug-likeness (QED) is 0.785. The number of rotatable bonds is 4. The van der Waals surface area contributed by atoms with Crippen molar-refractivity contribution in [2.45, 2.75) is 66.0 Å². The Morgan fingerprint density at radius 3 is 2.39 bits per heavy atom. The van der Waals surface area contributed by atoms with E-state index in [9.17, 15) is 4.79 Å². The molecular weight excluding hydrogens is 226 g/mol. The smallest absolute Gasteiger partial charge is 0.323 e. The molecule has 3 unspecified atom stereocenters. The van der Waals surface area contributed by atoms with Crippen LogP contribution >= 0.6 is 0 Å². The lowest BCUT2D eigenvalue weighted by atomic mass is 9.70. The molecule has 0 radical (unpaired) electrons. The van der Waals surface area contributed by atoms with Crippen molar-refractivity contribution >= 4 is 5.97 Å². The Labute approximate surface area is 112 Å². The number of ether oxygens (including phenoxy) is 1. The summed E-state index contributed by atoms with van der Waals surface area (Å²) >= 11 is 0. The van der Waals surface area contributed by atoms with Crippen LogP contribution in [0, 0.1) is 17.3 Å². The minimum Gasteiger partial charge on any atom is -0.468 e. The van der Waals surface area contributed by atoms with E-state index in [-0.39, 0.29) is 17.9 Å². The van der Waals surface area contributed by atoms with Gasteiger partial charge in [-0.2, -0.15) is 0 Å². The number of carbonyl (C=O) groups is 1. The standard InChI is InChI=1S/C15H29NO2/c1-10(2)13(14(17)18-6)16-12-7-11(3)8-15(4,5)9-12/h10-13,16H,7-9H2,1-6H3. The van der Waals surface area contributed by atoms with Crippen molar-refractivity contribution in [3.63, 3.8) is 0 Å². The predicted molar refractivity (Wildman–Crippen MR) is 74.4 cm³/mol. The summed E-state index contributed by atoms with van der Waals surface area (Å²) in [6.07, 6.45) is 3.57. The van der Waals surface area contributed by atoms with E-state index >= 15 is 0 Å². The van der Waals surface area contributed by atoms with E-state index in [4.69, 9.17) is 4.74 Å². The van der Waals surface area contributed by atoms with Crippen molar-refractivity contribution in [2.24, 2.45) is 17.3 Å². The van der Waals surface area contributed by atoms with Gasteiger partial charge in [0.2, 0.25) is 0 Å². The van der Waals surface area contributed by atoms with Crippen LogP contribution < -0.4 is 5.32 Å². The SMILES string of the molecule is COC(=O)C(NC1CC(C)CC(C)(C)C1)C(C)C. The van der Waals surface area contributed by atoms with Crippen LogP contribution in [-0.2, 0) is 9.53 Å². The van der Waals surface area contributed by atoms with Gasteiger partial charge in [-0.3, -0.25) is 4.79 Å². The molecule has 3 heteroatoms. The maximum absolute atomic E-state index is 11.8. The number of methoxy groups -OCH3 is 1. The molecule has 3 atom stereocenters. The van der Waals surface area contributed by atoms with E-state index in [2.05, 4.69) is 39.9 Å². The molecule has 0 heterocycles. The zero-order valence-electron chi connectivity index (χ0n) is 12.7. The minimum absolute atomic E-state index is 0.138. The van der Waals surface area contributed by atoms with Gasteiger partial charge in [-0.25, -0.2) is 0 Å². The Balaban J connectivity index is 2.66. The van der Waals surface area contributed by atoms with Crippen LogP contribution in [0.3, 0.4) is 0 Å². The molecule has 1 fully saturated rings. The fourth-order valence-corrected chi connectivity index (χ4v) is 3.39. The van der Waals surface area contributed by atoms with Crippen LogP contribution in [0.5, 0.6) is 0 Å². The third kappa shape index (κ3) is 4.27. The molecule has 0 aromatic heterocycles. The van der Waals surface area contributed by atoms with Crippen molar-refractivity contribution in [3.8, 4) is 0 Å². The Morgan fingerprint density at radius 2 is 1.94 bits per heavy atom. The van der Waals surface area contributed by atoms with Gasteiger partial charge in [0.05, 0.1) is 7.11 Å². The van der Waals surface area contributed by atoms with E-state index in [0.29, 0.717) is 11.5 Å². The molecule has 0 amide bonds. The number of carbonyl (C=O) groups excluding carboxylic acids is 1. The van der Waals surface area contributed by atoms with Gasteiger partial charge in [0.15, 0.2) is 0 Å².